The van der Waals surface area contributed by atoms with Gasteiger partial charge in [-0.25, -0.2) is 0 Å². The molecule has 0 saturated carbocycles. The monoisotopic (exact) mass is 361 g/mol. The molecule has 0 radical (unpaired) electrons. The number of hydrogen-bond acceptors (Lipinski definition) is 2. The zero-order valence-electron chi connectivity index (χ0n) is 10.1. The second-order valence-electron chi connectivity index (χ2n) is 3.63. The van der Waals surface area contributed by atoms with Crippen molar-refractivity contribution in [1.29, 1.82) is 0 Å². The number of nitrogens with one attached hydrogen (secondary N) is 1. The third-order valence-electron chi connectivity index (χ3n) is 2.31. The molecule has 17 heavy (non-hydrogen) atoms. The average molecular weight is 363 g/mol. The van der Waals surface area contributed by atoms with Crippen LogP contribution < -0.4 is 10.1 Å². The smallest absolute Gasteiger partial charge is 0.147 e. The lowest BCUT2D eigenvalue weighted by molar-refractivity contribution is 0.409. The van der Waals surface area contributed by atoms with Crippen molar-refractivity contribution < 1.29 is 4.74 Å². The van der Waals surface area contributed by atoms with Crippen LogP contribution >= 0.6 is 31.9 Å². The molecule has 2 nitrogen and oxygen atoms in total. The Labute approximate surface area is 120 Å². The van der Waals surface area contributed by atoms with Gasteiger partial charge in [-0.05, 0) is 69.4 Å². The van der Waals surface area contributed by atoms with E-state index >= 15 is 0 Å². The van der Waals surface area contributed by atoms with Gasteiger partial charge in [0.05, 0.1) is 16.1 Å². The fourth-order valence-corrected chi connectivity index (χ4v) is 3.10. The summed E-state index contributed by atoms with van der Waals surface area (Å²) >= 11 is 7.00. The van der Waals surface area contributed by atoms with Crippen molar-refractivity contribution in [2.45, 2.75) is 19.9 Å². The van der Waals surface area contributed by atoms with E-state index in [0.29, 0.717) is 0 Å². The maximum absolute atomic E-state index is 5.27. The fraction of sp³-hybridized carbons (Fsp3) is 0.385. The SMILES string of the molecule is C/C=C/CCNCc1cc(Br)c(OC)c(Br)c1. The molecular weight excluding hydrogens is 346 g/mol. The van der Waals surface area contributed by atoms with Crippen molar-refractivity contribution in [2.75, 3.05) is 13.7 Å². The molecule has 0 amide bonds. The third-order valence-corrected chi connectivity index (χ3v) is 3.49. The molecular formula is C13H17Br2NO. The van der Waals surface area contributed by atoms with Gasteiger partial charge in [-0.15, -0.1) is 0 Å². The first-order chi connectivity index (χ1) is 8.19. The second-order valence-corrected chi connectivity index (χ2v) is 5.34. The predicted octanol–water partition coefficient (Wildman–Crippen LogP) is 4.28. The Morgan fingerprint density at radius 3 is 2.47 bits per heavy atom. The molecule has 0 aliphatic rings. The minimum atomic E-state index is 0.836. The van der Waals surface area contributed by atoms with E-state index in [-0.39, 0.29) is 0 Å². The lowest BCUT2D eigenvalue weighted by Crippen LogP contribution is -2.14. The van der Waals surface area contributed by atoms with Gasteiger partial charge >= 0.3 is 0 Å². The lowest BCUT2D eigenvalue weighted by Gasteiger charge is -2.09. The first kappa shape index (κ1) is 14.7. The van der Waals surface area contributed by atoms with Crippen LogP contribution in [0.5, 0.6) is 5.75 Å². The molecule has 0 aliphatic heterocycles. The number of allylic oxidation sites excluding steroid dienone is 1. The predicted molar refractivity (Wildman–Crippen MR) is 79.5 cm³/mol. The van der Waals surface area contributed by atoms with Gasteiger partial charge in [0.1, 0.15) is 5.75 Å². The van der Waals surface area contributed by atoms with Gasteiger partial charge in [0.2, 0.25) is 0 Å². The Morgan fingerprint density at radius 2 is 1.94 bits per heavy atom. The van der Waals surface area contributed by atoms with Crippen LogP contribution in [0.15, 0.2) is 33.2 Å². The molecule has 0 bridgehead atoms. The van der Waals surface area contributed by atoms with Gasteiger partial charge in [-0.2, -0.15) is 0 Å². The summed E-state index contributed by atoms with van der Waals surface area (Å²) < 4.78 is 7.21. The number of benzene rings is 1. The van der Waals surface area contributed by atoms with E-state index in [1.807, 2.05) is 6.92 Å². The second kappa shape index (κ2) is 7.90. The molecule has 1 aromatic rings. The molecule has 0 heterocycles. The van der Waals surface area contributed by atoms with Crippen molar-refractivity contribution in [2.24, 2.45) is 0 Å². The molecule has 4 heteroatoms. The van der Waals surface area contributed by atoms with Gasteiger partial charge in [0.25, 0.3) is 0 Å². The lowest BCUT2D eigenvalue weighted by atomic mass is 10.2. The standard InChI is InChI=1S/C13H17Br2NO/c1-3-4-5-6-16-9-10-7-11(14)13(17-2)12(15)8-10/h3-4,7-8,16H,5-6,9H2,1-2H3/b4-3+. The van der Waals surface area contributed by atoms with Crippen molar-refractivity contribution in [3.63, 3.8) is 0 Å². The Morgan fingerprint density at radius 1 is 1.29 bits per heavy atom. The maximum atomic E-state index is 5.27. The topological polar surface area (TPSA) is 21.3 Å². The van der Waals surface area contributed by atoms with Crippen molar-refractivity contribution in [3.05, 3.63) is 38.8 Å². The summed E-state index contributed by atoms with van der Waals surface area (Å²) in [6.45, 7) is 3.89. The van der Waals surface area contributed by atoms with Gasteiger partial charge in [-0.1, -0.05) is 12.2 Å². The van der Waals surface area contributed by atoms with Crippen molar-refractivity contribution >= 4 is 31.9 Å². The Balaban J connectivity index is 2.55. The van der Waals surface area contributed by atoms with Gasteiger partial charge < -0.3 is 10.1 Å². The fourth-order valence-electron chi connectivity index (χ4n) is 1.49. The van der Waals surface area contributed by atoms with E-state index in [1.165, 1.54) is 5.56 Å². The maximum Gasteiger partial charge on any atom is 0.147 e. The van der Waals surface area contributed by atoms with E-state index in [2.05, 4.69) is 61.5 Å². The normalized spacial score (nSPS) is 11.1. The first-order valence-electron chi connectivity index (χ1n) is 5.52. The van der Waals surface area contributed by atoms with Crippen LogP contribution in [0, 0.1) is 0 Å². The molecule has 1 N–H and O–H groups in total. The van der Waals surface area contributed by atoms with E-state index in [4.69, 9.17) is 4.74 Å². The van der Waals surface area contributed by atoms with Gasteiger partial charge in [0.15, 0.2) is 0 Å². The molecule has 1 aromatic carbocycles. The quantitative estimate of drug-likeness (QED) is 0.602. The number of hydrogen-bond donors (Lipinski definition) is 1. The molecule has 0 aliphatic carbocycles. The summed E-state index contributed by atoms with van der Waals surface area (Å²) in [5.74, 6) is 0.836. The van der Waals surface area contributed by atoms with Crippen LogP contribution in [0.2, 0.25) is 0 Å². The first-order valence-corrected chi connectivity index (χ1v) is 7.11. The summed E-state index contributed by atoms with van der Waals surface area (Å²) in [5.41, 5.74) is 1.23. The summed E-state index contributed by atoms with van der Waals surface area (Å²) in [5, 5.41) is 3.39. The molecule has 1 rings (SSSR count). The zero-order chi connectivity index (χ0) is 12.7. The van der Waals surface area contributed by atoms with Crippen molar-refractivity contribution in [1.82, 2.24) is 5.32 Å². The highest BCUT2D eigenvalue weighted by molar-refractivity contribution is 9.11. The minimum Gasteiger partial charge on any atom is -0.494 e. The van der Waals surface area contributed by atoms with Crippen LogP contribution in [0.3, 0.4) is 0 Å². The van der Waals surface area contributed by atoms with Crippen LogP contribution in [0.4, 0.5) is 0 Å². The van der Waals surface area contributed by atoms with Crippen LogP contribution in [-0.4, -0.2) is 13.7 Å². The van der Waals surface area contributed by atoms with E-state index in [0.717, 1.165) is 34.2 Å². The number of rotatable bonds is 6. The van der Waals surface area contributed by atoms with E-state index in [1.54, 1.807) is 7.11 Å². The zero-order valence-corrected chi connectivity index (χ0v) is 13.3. The molecule has 0 atom stereocenters. The number of halogens is 2. The van der Waals surface area contributed by atoms with Crippen molar-refractivity contribution in [3.8, 4) is 5.75 Å². The third kappa shape index (κ3) is 4.82. The van der Waals surface area contributed by atoms with Crippen LogP contribution in [-0.2, 0) is 6.54 Å². The average Bonchev–Trinajstić information content (AvgIpc) is 2.28. The molecule has 0 unspecified atom stereocenters. The Kier molecular flexibility index (Phi) is 6.85. The summed E-state index contributed by atoms with van der Waals surface area (Å²) in [6.07, 6.45) is 5.30. The minimum absolute atomic E-state index is 0.836. The highest BCUT2D eigenvalue weighted by Gasteiger charge is 2.07. The van der Waals surface area contributed by atoms with Crippen LogP contribution in [0.1, 0.15) is 18.9 Å². The number of ether oxygens (including phenoxy) is 1. The molecule has 0 aromatic heterocycles. The molecule has 94 valence electrons. The molecule has 0 fully saturated rings. The summed E-state index contributed by atoms with van der Waals surface area (Å²) in [4.78, 5) is 0. The summed E-state index contributed by atoms with van der Waals surface area (Å²) in [6, 6.07) is 4.15. The molecule has 0 saturated heterocycles. The van der Waals surface area contributed by atoms with E-state index < -0.39 is 0 Å². The summed E-state index contributed by atoms with van der Waals surface area (Å²) in [7, 11) is 1.67. The van der Waals surface area contributed by atoms with Gasteiger partial charge in [-0.3, -0.25) is 0 Å². The molecule has 0 spiro atoms. The largest absolute Gasteiger partial charge is 0.494 e. The van der Waals surface area contributed by atoms with E-state index in [9.17, 15) is 0 Å². The van der Waals surface area contributed by atoms with Gasteiger partial charge in [0, 0.05) is 6.54 Å². The van der Waals surface area contributed by atoms with Crippen LogP contribution in [0.25, 0.3) is 0 Å². The Bertz CT molecular complexity index is 368. The number of methoxy groups -OCH3 is 1. The highest BCUT2D eigenvalue weighted by Crippen LogP contribution is 2.34. The Hall–Kier alpha value is -0.320. The highest BCUT2D eigenvalue weighted by atomic mass is 79.9.